The summed E-state index contributed by atoms with van der Waals surface area (Å²) in [7, 11) is 1.64. The number of ether oxygens (including phenoxy) is 1. The van der Waals surface area contributed by atoms with Gasteiger partial charge in [-0.2, -0.15) is 0 Å². The summed E-state index contributed by atoms with van der Waals surface area (Å²) in [4.78, 5) is 19.2. The lowest BCUT2D eigenvalue weighted by Crippen LogP contribution is -2.41. The van der Waals surface area contributed by atoms with E-state index in [1.165, 1.54) is 5.69 Å². The highest BCUT2D eigenvalue weighted by molar-refractivity contribution is 5.79. The number of methoxy groups -OCH3 is 1. The Hall–Kier alpha value is -2.34. The molecule has 0 saturated carbocycles. The van der Waals surface area contributed by atoms with E-state index >= 15 is 0 Å². The van der Waals surface area contributed by atoms with Crippen LogP contribution in [0.25, 0.3) is 0 Å². The Morgan fingerprint density at radius 3 is 2.96 bits per heavy atom. The minimum absolute atomic E-state index is 0.0845. The second kappa shape index (κ2) is 7.70. The molecular formula is C19H26N4O2. The number of carbonyl (C=O) groups is 1. The molecular weight excluding hydrogens is 316 g/mol. The van der Waals surface area contributed by atoms with Crippen LogP contribution in [0.15, 0.2) is 36.7 Å². The third-order valence-corrected chi connectivity index (χ3v) is 4.44. The zero-order valence-electron chi connectivity index (χ0n) is 15.1. The first-order valence-electron chi connectivity index (χ1n) is 8.71. The van der Waals surface area contributed by atoms with E-state index in [9.17, 15) is 4.79 Å². The number of amides is 1. The molecule has 6 nitrogen and oxygen atoms in total. The molecule has 134 valence electrons. The Bertz CT molecular complexity index is 726. The molecule has 0 radical (unpaired) electrons. The van der Waals surface area contributed by atoms with Gasteiger partial charge in [-0.25, -0.2) is 4.98 Å². The van der Waals surface area contributed by atoms with Gasteiger partial charge < -0.3 is 14.6 Å². The molecule has 0 spiro atoms. The van der Waals surface area contributed by atoms with E-state index in [4.69, 9.17) is 4.74 Å². The average Bonchev–Trinajstić information content (AvgIpc) is 2.93. The van der Waals surface area contributed by atoms with E-state index < -0.39 is 0 Å². The smallest absolute Gasteiger partial charge is 0.226 e. The van der Waals surface area contributed by atoms with Gasteiger partial charge in [0.15, 0.2) is 0 Å². The number of hydrogen-bond acceptors (Lipinski definition) is 4. The normalized spacial score (nSPS) is 17.8. The molecule has 3 heterocycles. The van der Waals surface area contributed by atoms with E-state index in [1.54, 1.807) is 13.3 Å². The Labute approximate surface area is 148 Å². The predicted molar refractivity (Wildman–Crippen MR) is 96.1 cm³/mol. The van der Waals surface area contributed by atoms with Crippen LogP contribution in [0.5, 0.6) is 5.88 Å². The Kier molecular flexibility index (Phi) is 5.38. The lowest BCUT2D eigenvalue weighted by atomic mass is 10.1. The van der Waals surface area contributed by atoms with E-state index in [0.717, 1.165) is 12.1 Å². The molecule has 1 aliphatic heterocycles. The monoisotopic (exact) mass is 342 g/mol. The summed E-state index contributed by atoms with van der Waals surface area (Å²) in [6.45, 7) is 6.91. The third-order valence-electron chi connectivity index (χ3n) is 4.44. The minimum atomic E-state index is -0.0845. The molecule has 1 amide bonds. The maximum absolute atomic E-state index is 12.6. The molecule has 25 heavy (non-hydrogen) atoms. The maximum atomic E-state index is 12.6. The van der Waals surface area contributed by atoms with Crippen molar-refractivity contribution >= 4 is 5.91 Å². The highest BCUT2D eigenvalue weighted by Crippen LogP contribution is 2.22. The molecule has 3 rings (SSSR count). The van der Waals surface area contributed by atoms with Crippen molar-refractivity contribution in [1.82, 2.24) is 19.8 Å². The van der Waals surface area contributed by atoms with Gasteiger partial charge >= 0.3 is 0 Å². The summed E-state index contributed by atoms with van der Waals surface area (Å²) >= 11 is 0. The Balaban J connectivity index is 1.82. The number of aromatic nitrogens is 2. The molecule has 0 aliphatic carbocycles. The molecule has 1 aliphatic rings. The molecule has 2 aromatic rings. The molecule has 0 bridgehead atoms. The van der Waals surface area contributed by atoms with Crippen molar-refractivity contribution in [3.63, 3.8) is 0 Å². The van der Waals surface area contributed by atoms with Crippen molar-refractivity contribution < 1.29 is 9.53 Å². The Morgan fingerprint density at radius 2 is 2.20 bits per heavy atom. The van der Waals surface area contributed by atoms with Crippen molar-refractivity contribution in [3.05, 3.63) is 47.9 Å². The van der Waals surface area contributed by atoms with Gasteiger partial charge in [-0.15, -0.1) is 0 Å². The molecule has 1 N–H and O–H groups in total. The molecule has 1 unspecified atom stereocenters. The standard InChI is InChI=1S/C19H26N4O2/c1-14(2)21-18(24)16-11-22(13-17-7-5-9-23(17)12-16)10-15-6-4-8-20-19(15)25-3/h4-9,14,16H,10-13H2,1-3H3,(H,21,24). The van der Waals surface area contributed by atoms with Gasteiger partial charge in [0.2, 0.25) is 11.8 Å². The number of fused-ring (bicyclic) bond motifs is 1. The molecule has 0 saturated heterocycles. The van der Waals surface area contributed by atoms with Gasteiger partial charge in [0.1, 0.15) is 0 Å². The first kappa shape index (κ1) is 17.5. The quantitative estimate of drug-likeness (QED) is 0.903. The van der Waals surface area contributed by atoms with Crippen molar-refractivity contribution in [1.29, 1.82) is 0 Å². The fourth-order valence-electron chi connectivity index (χ4n) is 3.33. The van der Waals surface area contributed by atoms with Gasteiger partial charge in [-0.05, 0) is 32.0 Å². The SMILES string of the molecule is COc1ncccc1CN1Cc2cccn2CC(C(=O)NC(C)C)C1. The predicted octanol–water partition coefficient (Wildman–Crippen LogP) is 2.05. The lowest BCUT2D eigenvalue weighted by Gasteiger charge is -2.24. The van der Waals surface area contributed by atoms with Crippen LogP contribution >= 0.6 is 0 Å². The van der Waals surface area contributed by atoms with Crippen LogP contribution in [-0.4, -0.2) is 40.1 Å². The van der Waals surface area contributed by atoms with Crippen LogP contribution in [0.3, 0.4) is 0 Å². The van der Waals surface area contributed by atoms with Crippen molar-refractivity contribution in [2.24, 2.45) is 5.92 Å². The molecule has 0 aromatic carbocycles. The molecule has 6 heteroatoms. The molecule has 2 aromatic heterocycles. The van der Waals surface area contributed by atoms with Crippen LogP contribution in [-0.2, 0) is 24.4 Å². The number of carbonyl (C=O) groups excluding carboxylic acids is 1. The van der Waals surface area contributed by atoms with E-state index in [0.29, 0.717) is 25.5 Å². The first-order chi connectivity index (χ1) is 12.1. The maximum Gasteiger partial charge on any atom is 0.226 e. The molecule has 1 atom stereocenters. The Morgan fingerprint density at radius 1 is 1.36 bits per heavy atom. The van der Waals surface area contributed by atoms with Gasteiger partial charge in [-0.3, -0.25) is 9.69 Å². The average molecular weight is 342 g/mol. The zero-order chi connectivity index (χ0) is 17.8. The highest BCUT2D eigenvalue weighted by Gasteiger charge is 2.27. The topological polar surface area (TPSA) is 59.4 Å². The van der Waals surface area contributed by atoms with Crippen LogP contribution < -0.4 is 10.1 Å². The van der Waals surface area contributed by atoms with E-state index in [2.05, 4.69) is 32.0 Å². The summed E-state index contributed by atoms with van der Waals surface area (Å²) in [5, 5.41) is 3.05. The minimum Gasteiger partial charge on any atom is -0.481 e. The summed E-state index contributed by atoms with van der Waals surface area (Å²) in [5.41, 5.74) is 2.26. The second-order valence-corrected chi connectivity index (χ2v) is 6.85. The van der Waals surface area contributed by atoms with Crippen molar-refractivity contribution in [3.8, 4) is 5.88 Å². The van der Waals surface area contributed by atoms with Crippen molar-refractivity contribution in [2.45, 2.75) is 39.5 Å². The van der Waals surface area contributed by atoms with Crippen molar-refractivity contribution in [2.75, 3.05) is 13.7 Å². The third kappa shape index (κ3) is 4.20. The van der Waals surface area contributed by atoms with Gasteiger partial charge in [0.25, 0.3) is 0 Å². The number of pyridine rings is 1. The molecule has 0 fully saturated rings. The second-order valence-electron chi connectivity index (χ2n) is 6.85. The van der Waals surface area contributed by atoms with Crippen LogP contribution in [0, 0.1) is 5.92 Å². The van der Waals surface area contributed by atoms with E-state index in [-0.39, 0.29) is 17.9 Å². The van der Waals surface area contributed by atoms with E-state index in [1.807, 2.05) is 32.0 Å². The largest absolute Gasteiger partial charge is 0.481 e. The first-order valence-corrected chi connectivity index (χ1v) is 8.71. The van der Waals surface area contributed by atoms with Crippen LogP contribution in [0.1, 0.15) is 25.1 Å². The number of hydrogen-bond donors (Lipinski definition) is 1. The summed E-state index contributed by atoms with van der Waals surface area (Å²) in [6.07, 6.45) is 3.79. The lowest BCUT2D eigenvalue weighted by molar-refractivity contribution is -0.126. The van der Waals surface area contributed by atoms with Gasteiger partial charge in [0.05, 0.1) is 13.0 Å². The fourth-order valence-corrected chi connectivity index (χ4v) is 3.33. The van der Waals surface area contributed by atoms with Crippen LogP contribution in [0.2, 0.25) is 0 Å². The summed E-state index contributed by atoms with van der Waals surface area (Å²) in [6, 6.07) is 8.25. The number of nitrogens with one attached hydrogen (secondary N) is 1. The fraction of sp³-hybridized carbons (Fsp3) is 0.474. The highest BCUT2D eigenvalue weighted by atomic mass is 16.5. The summed E-state index contributed by atoms with van der Waals surface area (Å²) in [5.74, 6) is 0.670. The number of nitrogens with zero attached hydrogens (tertiary/aromatic N) is 3. The zero-order valence-corrected chi connectivity index (χ0v) is 15.1. The van der Waals surface area contributed by atoms with Gasteiger partial charge in [0, 0.05) is 55.9 Å². The summed E-state index contributed by atoms with van der Waals surface area (Å²) < 4.78 is 7.56. The van der Waals surface area contributed by atoms with Crippen LogP contribution in [0.4, 0.5) is 0 Å². The van der Waals surface area contributed by atoms with Gasteiger partial charge in [-0.1, -0.05) is 6.07 Å². The number of rotatable bonds is 5.